The fourth-order valence-electron chi connectivity index (χ4n) is 4.63. The van der Waals surface area contributed by atoms with E-state index in [4.69, 9.17) is 16.6 Å². The van der Waals surface area contributed by atoms with E-state index in [1.165, 1.54) is 25.7 Å². The molecule has 2 aliphatic rings. The third-order valence-electron chi connectivity index (χ3n) is 6.19. The Morgan fingerprint density at radius 2 is 1.86 bits per heavy atom. The number of anilines is 1. The van der Waals surface area contributed by atoms with Gasteiger partial charge in [-0.05, 0) is 49.3 Å². The van der Waals surface area contributed by atoms with E-state index in [9.17, 15) is 4.79 Å². The summed E-state index contributed by atoms with van der Waals surface area (Å²) in [5.41, 5.74) is 2.96. The molecule has 154 valence electrons. The first-order chi connectivity index (χ1) is 14.0. The SMILES string of the molecule is CN(C)c1ncc(-c2ccc(Cl)cc2)c([C@@H]2CCCN2C(=O)CC2CCCC2)n1. The summed E-state index contributed by atoms with van der Waals surface area (Å²) < 4.78 is 0. The maximum Gasteiger partial charge on any atom is 0.225 e. The first-order valence-electron chi connectivity index (χ1n) is 10.6. The Hall–Kier alpha value is -2.14. The van der Waals surface area contributed by atoms with Crippen LogP contribution in [0.15, 0.2) is 30.5 Å². The largest absolute Gasteiger partial charge is 0.347 e. The van der Waals surface area contributed by atoms with Crippen LogP contribution in [-0.2, 0) is 4.79 Å². The summed E-state index contributed by atoms with van der Waals surface area (Å²) in [4.78, 5) is 26.6. The lowest BCUT2D eigenvalue weighted by Crippen LogP contribution is -2.32. The van der Waals surface area contributed by atoms with Gasteiger partial charge in [0, 0.05) is 43.8 Å². The van der Waals surface area contributed by atoms with Gasteiger partial charge in [-0.1, -0.05) is 36.6 Å². The molecule has 1 aliphatic heterocycles. The molecule has 1 aromatic carbocycles. The number of halogens is 1. The van der Waals surface area contributed by atoms with Gasteiger partial charge in [0.05, 0.1) is 11.7 Å². The number of carbonyl (C=O) groups is 1. The molecule has 4 rings (SSSR count). The number of aromatic nitrogens is 2. The van der Waals surface area contributed by atoms with E-state index < -0.39 is 0 Å². The van der Waals surface area contributed by atoms with E-state index in [0.717, 1.165) is 36.2 Å². The zero-order valence-corrected chi connectivity index (χ0v) is 18.0. The molecule has 0 unspecified atom stereocenters. The van der Waals surface area contributed by atoms with Crippen LogP contribution in [0.4, 0.5) is 5.95 Å². The highest BCUT2D eigenvalue weighted by Gasteiger charge is 2.34. The van der Waals surface area contributed by atoms with Crippen molar-refractivity contribution in [2.75, 3.05) is 25.5 Å². The van der Waals surface area contributed by atoms with Gasteiger partial charge in [0.25, 0.3) is 0 Å². The van der Waals surface area contributed by atoms with Crippen molar-refractivity contribution in [3.63, 3.8) is 0 Å². The molecule has 0 radical (unpaired) electrons. The van der Waals surface area contributed by atoms with Gasteiger partial charge in [-0.25, -0.2) is 9.97 Å². The highest BCUT2D eigenvalue weighted by molar-refractivity contribution is 6.30. The Bertz CT molecular complexity index is 862. The minimum Gasteiger partial charge on any atom is -0.347 e. The molecule has 1 amide bonds. The van der Waals surface area contributed by atoms with Crippen LogP contribution in [0, 0.1) is 5.92 Å². The molecule has 1 atom stereocenters. The number of amides is 1. The zero-order chi connectivity index (χ0) is 20.4. The number of benzene rings is 1. The first-order valence-corrected chi connectivity index (χ1v) is 11.0. The van der Waals surface area contributed by atoms with Gasteiger partial charge in [0.15, 0.2) is 0 Å². The maximum atomic E-state index is 13.2. The molecule has 2 fully saturated rings. The number of hydrogen-bond donors (Lipinski definition) is 0. The Kier molecular flexibility index (Phi) is 6.04. The van der Waals surface area contributed by atoms with Crippen molar-refractivity contribution in [2.24, 2.45) is 5.92 Å². The van der Waals surface area contributed by atoms with Crippen molar-refractivity contribution in [2.45, 2.75) is 51.0 Å². The third-order valence-corrected chi connectivity index (χ3v) is 6.44. The number of likely N-dealkylation sites (tertiary alicyclic amines) is 1. The van der Waals surface area contributed by atoms with Gasteiger partial charge < -0.3 is 9.80 Å². The molecule has 1 saturated carbocycles. The number of carbonyl (C=O) groups excluding carboxylic acids is 1. The van der Waals surface area contributed by atoms with Crippen molar-refractivity contribution < 1.29 is 4.79 Å². The Morgan fingerprint density at radius 1 is 1.14 bits per heavy atom. The predicted octanol–water partition coefficient (Wildman–Crippen LogP) is 5.11. The summed E-state index contributed by atoms with van der Waals surface area (Å²) in [6.45, 7) is 0.817. The molecule has 0 N–H and O–H groups in total. The van der Waals surface area contributed by atoms with E-state index in [0.29, 0.717) is 23.3 Å². The number of rotatable bonds is 5. The van der Waals surface area contributed by atoms with Crippen molar-refractivity contribution in [1.29, 1.82) is 0 Å². The summed E-state index contributed by atoms with van der Waals surface area (Å²) in [5.74, 6) is 1.52. The van der Waals surface area contributed by atoms with Gasteiger partial charge >= 0.3 is 0 Å². The predicted molar refractivity (Wildman–Crippen MR) is 117 cm³/mol. The van der Waals surface area contributed by atoms with Crippen molar-refractivity contribution in [3.8, 4) is 11.1 Å². The molecule has 1 aromatic heterocycles. The second kappa shape index (κ2) is 8.70. The highest BCUT2D eigenvalue weighted by atomic mass is 35.5. The van der Waals surface area contributed by atoms with Crippen molar-refractivity contribution in [1.82, 2.24) is 14.9 Å². The molecule has 0 spiro atoms. The minimum absolute atomic E-state index is 0.0104. The minimum atomic E-state index is 0.0104. The molecule has 2 aromatic rings. The highest BCUT2D eigenvalue weighted by Crippen LogP contribution is 2.39. The molecule has 2 heterocycles. The van der Waals surface area contributed by atoms with Crippen molar-refractivity contribution in [3.05, 3.63) is 41.2 Å². The average Bonchev–Trinajstić information content (AvgIpc) is 3.40. The summed E-state index contributed by atoms with van der Waals surface area (Å²) in [6.07, 6.45) is 9.44. The second-order valence-corrected chi connectivity index (χ2v) is 8.91. The fourth-order valence-corrected chi connectivity index (χ4v) is 4.76. The van der Waals surface area contributed by atoms with E-state index in [1.54, 1.807) is 0 Å². The van der Waals surface area contributed by atoms with Gasteiger partial charge in [-0.2, -0.15) is 0 Å². The van der Waals surface area contributed by atoms with Gasteiger partial charge in [-0.15, -0.1) is 0 Å². The molecular formula is C23H29ClN4O. The molecule has 6 heteroatoms. The van der Waals surface area contributed by atoms with Crippen LogP contribution in [0.3, 0.4) is 0 Å². The van der Waals surface area contributed by atoms with Gasteiger partial charge in [-0.3, -0.25) is 4.79 Å². The van der Waals surface area contributed by atoms with Crippen LogP contribution >= 0.6 is 11.6 Å². The number of nitrogens with zero attached hydrogens (tertiary/aromatic N) is 4. The van der Waals surface area contributed by atoms with E-state index in [1.807, 2.05) is 49.5 Å². The van der Waals surface area contributed by atoms with Crippen LogP contribution in [0.25, 0.3) is 11.1 Å². The third kappa shape index (κ3) is 4.40. The summed E-state index contributed by atoms with van der Waals surface area (Å²) in [7, 11) is 3.89. The van der Waals surface area contributed by atoms with E-state index in [-0.39, 0.29) is 11.9 Å². The van der Waals surface area contributed by atoms with E-state index >= 15 is 0 Å². The molecule has 0 bridgehead atoms. The number of hydrogen-bond acceptors (Lipinski definition) is 4. The van der Waals surface area contributed by atoms with Crippen LogP contribution in [0.5, 0.6) is 0 Å². The molecule has 29 heavy (non-hydrogen) atoms. The topological polar surface area (TPSA) is 49.3 Å². The van der Waals surface area contributed by atoms with Crippen LogP contribution in [0.2, 0.25) is 5.02 Å². The van der Waals surface area contributed by atoms with Gasteiger partial charge in [0.1, 0.15) is 0 Å². The first kappa shape index (κ1) is 20.1. The molecular weight excluding hydrogens is 384 g/mol. The van der Waals surface area contributed by atoms with Crippen LogP contribution in [0.1, 0.15) is 56.7 Å². The summed E-state index contributed by atoms with van der Waals surface area (Å²) in [5, 5.41) is 0.704. The van der Waals surface area contributed by atoms with Crippen LogP contribution < -0.4 is 4.90 Å². The normalized spacial score (nSPS) is 19.7. The summed E-state index contributed by atoms with van der Waals surface area (Å²) >= 11 is 6.09. The molecule has 1 saturated heterocycles. The van der Waals surface area contributed by atoms with Crippen LogP contribution in [-0.4, -0.2) is 41.4 Å². The fraction of sp³-hybridized carbons (Fsp3) is 0.522. The lowest BCUT2D eigenvalue weighted by Gasteiger charge is -2.28. The Labute approximate surface area is 178 Å². The maximum absolute atomic E-state index is 13.2. The molecule has 5 nitrogen and oxygen atoms in total. The lowest BCUT2D eigenvalue weighted by atomic mass is 9.98. The van der Waals surface area contributed by atoms with E-state index in [2.05, 4.69) is 9.88 Å². The lowest BCUT2D eigenvalue weighted by molar-refractivity contribution is -0.133. The van der Waals surface area contributed by atoms with Gasteiger partial charge in [0.2, 0.25) is 11.9 Å². The average molecular weight is 413 g/mol. The Morgan fingerprint density at radius 3 is 2.55 bits per heavy atom. The second-order valence-electron chi connectivity index (χ2n) is 8.47. The zero-order valence-electron chi connectivity index (χ0n) is 17.3. The quantitative estimate of drug-likeness (QED) is 0.684. The molecule has 1 aliphatic carbocycles. The standard InChI is InChI=1S/C23H29ClN4O/c1-27(2)23-25-15-19(17-9-11-18(24)12-10-17)22(26-23)20-8-5-13-28(20)21(29)14-16-6-3-4-7-16/h9-12,15-16,20H,3-8,13-14H2,1-2H3/t20-/m0/s1. The monoisotopic (exact) mass is 412 g/mol. The Balaban J connectivity index is 1.68. The van der Waals surface area contributed by atoms with Crippen molar-refractivity contribution >= 4 is 23.5 Å². The smallest absolute Gasteiger partial charge is 0.225 e. The summed E-state index contributed by atoms with van der Waals surface area (Å²) in [6, 6.07) is 7.78.